The number of halogens is 1. The van der Waals surface area contributed by atoms with Gasteiger partial charge in [0.1, 0.15) is 5.82 Å². The summed E-state index contributed by atoms with van der Waals surface area (Å²) in [6.07, 6.45) is 2.20. The van der Waals surface area contributed by atoms with E-state index in [1.165, 1.54) is 6.07 Å². The van der Waals surface area contributed by atoms with Crippen LogP contribution in [0.3, 0.4) is 0 Å². The molecule has 1 aromatic carbocycles. The van der Waals surface area contributed by atoms with Crippen LogP contribution in [0.4, 0.5) is 4.39 Å². The van der Waals surface area contributed by atoms with E-state index in [1.54, 1.807) is 13.0 Å². The fourth-order valence-electron chi connectivity index (χ4n) is 2.80. The van der Waals surface area contributed by atoms with Crippen LogP contribution in [0.15, 0.2) is 18.2 Å². The molecule has 0 spiro atoms. The van der Waals surface area contributed by atoms with Crippen molar-refractivity contribution < 1.29 is 9.13 Å². The Bertz CT molecular complexity index is 411. The van der Waals surface area contributed by atoms with Crippen molar-refractivity contribution in [2.75, 3.05) is 6.61 Å². The third-order valence-electron chi connectivity index (χ3n) is 3.81. The molecule has 1 saturated heterocycles. The summed E-state index contributed by atoms with van der Waals surface area (Å²) in [5, 5.41) is 0. The lowest BCUT2D eigenvalue weighted by molar-refractivity contribution is 0.0774. The fourth-order valence-corrected chi connectivity index (χ4v) is 2.80. The van der Waals surface area contributed by atoms with Gasteiger partial charge in [-0.25, -0.2) is 4.39 Å². The smallest absolute Gasteiger partial charge is 0.126 e. The number of aryl methyl sites for hydroxylation is 1. The monoisotopic (exact) mass is 252 g/mol. The van der Waals surface area contributed by atoms with Crippen molar-refractivity contribution in [2.45, 2.75) is 38.8 Å². The summed E-state index contributed by atoms with van der Waals surface area (Å²) >= 11 is 0. The lowest BCUT2D eigenvalue weighted by Gasteiger charge is -2.27. The topological polar surface area (TPSA) is 47.3 Å². The number of hydrazine groups is 1. The zero-order valence-corrected chi connectivity index (χ0v) is 10.9. The Morgan fingerprint density at radius 1 is 1.56 bits per heavy atom. The highest BCUT2D eigenvalue weighted by molar-refractivity contribution is 5.27. The lowest BCUT2D eigenvalue weighted by Crippen LogP contribution is -2.36. The van der Waals surface area contributed by atoms with E-state index < -0.39 is 0 Å². The van der Waals surface area contributed by atoms with E-state index in [2.05, 4.69) is 12.3 Å². The maximum atomic E-state index is 13.3. The number of nitrogens with two attached hydrogens (primary N) is 1. The van der Waals surface area contributed by atoms with E-state index in [0.717, 1.165) is 25.0 Å². The van der Waals surface area contributed by atoms with E-state index in [9.17, 15) is 4.39 Å². The van der Waals surface area contributed by atoms with Crippen LogP contribution >= 0.6 is 0 Å². The molecule has 1 fully saturated rings. The van der Waals surface area contributed by atoms with Gasteiger partial charge in [0, 0.05) is 12.5 Å². The Morgan fingerprint density at radius 3 is 2.94 bits per heavy atom. The van der Waals surface area contributed by atoms with Crippen LogP contribution in [0, 0.1) is 18.7 Å². The number of nitrogens with one attached hydrogen (secondary N) is 1. The number of ether oxygens (including phenoxy) is 1. The van der Waals surface area contributed by atoms with Crippen molar-refractivity contribution in [3.05, 3.63) is 35.1 Å². The van der Waals surface area contributed by atoms with Crippen LogP contribution in [0.1, 0.15) is 36.9 Å². The zero-order chi connectivity index (χ0) is 13.1. The van der Waals surface area contributed by atoms with Gasteiger partial charge in [0.25, 0.3) is 0 Å². The van der Waals surface area contributed by atoms with Crippen molar-refractivity contribution in [2.24, 2.45) is 11.8 Å². The molecule has 3 N–H and O–H groups in total. The van der Waals surface area contributed by atoms with Crippen LogP contribution in [0.2, 0.25) is 0 Å². The van der Waals surface area contributed by atoms with Crippen molar-refractivity contribution in [1.82, 2.24) is 5.43 Å². The summed E-state index contributed by atoms with van der Waals surface area (Å²) in [6, 6.07) is 5.20. The predicted molar refractivity (Wildman–Crippen MR) is 69.3 cm³/mol. The summed E-state index contributed by atoms with van der Waals surface area (Å²) in [5.74, 6) is 5.87. The Kier molecular flexibility index (Phi) is 4.32. The predicted octanol–water partition coefficient (Wildman–Crippen LogP) is 2.45. The summed E-state index contributed by atoms with van der Waals surface area (Å²) in [5.41, 5.74) is 4.55. The molecule has 2 rings (SSSR count). The molecule has 0 amide bonds. The van der Waals surface area contributed by atoms with Crippen molar-refractivity contribution in [1.29, 1.82) is 0 Å². The fraction of sp³-hybridized carbons (Fsp3) is 0.571. The van der Waals surface area contributed by atoms with E-state index in [1.807, 2.05) is 6.07 Å². The van der Waals surface area contributed by atoms with Crippen LogP contribution in [-0.4, -0.2) is 12.7 Å². The van der Waals surface area contributed by atoms with Gasteiger partial charge in [-0.2, -0.15) is 0 Å². The maximum absolute atomic E-state index is 13.3. The molecule has 18 heavy (non-hydrogen) atoms. The quantitative estimate of drug-likeness (QED) is 0.639. The molecule has 1 aliphatic rings. The Balaban J connectivity index is 2.24. The minimum atomic E-state index is -0.177. The van der Waals surface area contributed by atoms with Gasteiger partial charge in [-0.1, -0.05) is 19.1 Å². The molecular weight excluding hydrogens is 231 g/mol. The molecule has 0 aliphatic carbocycles. The van der Waals surface area contributed by atoms with Gasteiger partial charge >= 0.3 is 0 Å². The van der Waals surface area contributed by atoms with E-state index >= 15 is 0 Å². The van der Waals surface area contributed by atoms with Gasteiger partial charge in [-0.05, 0) is 37.0 Å². The highest BCUT2D eigenvalue weighted by Gasteiger charge is 2.34. The molecule has 1 aromatic rings. The molecule has 4 heteroatoms. The molecule has 1 aliphatic heterocycles. The molecule has 0 saturated carbocycles. The summed E-state index contributed by atoms with van der Waals surface area (Å²) < 4.78 is 19.0. The molecule has 3 unspecified atom stereocenters. The third-order valence-corrected chi connectivity index (χ3v) is 3.81. The second kappa shape index (κ2) is 5.78. The molecule has 3 nitrogen and oxygen atoms in total. The van der Waals surface area contributed by atoms with Crippen LogP contribution < -0.4 is 11.3 Å². The molecule has 0 aromatic heterocycles. The minimum absolute atomic E-state index is 0.0248. The number of hydrogen-bond donors (Lipinski definition) is 2. The van der Waals surface area contributed by atoms with E-state index in [4.69, 9.17) is 10.6 Å². The van der Waals surface area contributed by atoms with Crippen molar-refractivity contribution >= 4 is 0 Å². The maximum Gasteiger partial charge on any atom is 0.126 e. The van der Waals surface area contributed by atoms with E-state index in [-0.39, 0.29) is 18.0 Å². The Hall–Kier alpha value is -0.970. The zero-order valence-electron chi connectivity index (χ0n) is 10.9. The molecule has 3 atom stereocenters. The highest BCUT2D eigenvalue weighted by atomic mass is 19.1. The van der Waals surface area contributed by atoms with E-state index in [0.29, 0.717) is 11.5 Å². The van der Waals surface area contributed by atoms with Gasteiger partial charge in [-0.15, -0.1) is 0 Å². The highest BCUT2D eigenvalue weighted by Crippen LogP contribution is 2.34. The first kappa shape index (κ1) is 13.5. The first-order valence-corrected chi connectivity index (χ1v) is 6.51. The molecule has 1 heterocycles. The molecule has 0 bridgehead atoms. The van der Waals surface area contributed by atoms with Crippen LogP contribution in [0.5, 0.6) is 0 Å². The molecule has 0 radical (unpaired) electrons. The first-order chi connectivity index (χ1) is 8.67. The number of hydrogen-bond acceptors (Lipinski definition) is 3. The number of benzene rings is 1. The summed E-state index contributed by atoms with van der Waals surface area (Å²) in [7, 11) is 0. The standard InChI is InChI=1S/C14H21FN2O/c1-3-13-11(6-7-18-13)14(17-16)10-4-5-12(15)9(2)8-10/h4-5,8,11,13-14,17H,3,6-7,16H2,1-2H3. The largest absolute Gasteiger partial charge is 0.378 e. The summed E-state index contributed by atoms with van der Waals surface area (Å²) in [4.78, 5) is 0. The van der Waals surface area contributed by atoms with Gasteiger partial charge in [0.15, 0.2) is 0 Å². The third kappa shape index (κ3) is 2.55. The van der Waals surface area contributed by atoms with Gasteiger partial charge in [-0.3, -0.25) is 11.3 Å². The van der Waals surface area contributed by atoms with Gasteiger partial charge in [0.05, 0.1) is 12.1 Å². The number of rotatable bonds is 4. The normalized spacial score (nSPS) is 25.3. The van der Waals surface area contributed by atoms with Gasteiger partial charge < -0.3 is 4.74 Å². The van der Waals surface area contributed by atoms with Crippen molar-refractivity contribution in [3.63, 3.8) is 0 Å². The average Bonchev–Trinajstić information content (AvgIpc) is 2.83. The minimum Gasteiger partial charge on any atom is -0.378 e. The molecular formula is C14H21FN2O. The Labute approximate surface area is 107 Å². The average molecular weight is 252 g/mol. The first-order valence-electron chi connectivity index (χ1n) is 6.51. The van der Waals surface area contributed by atoms with Gasteiger partial charge in [0.2, 0.25) is 0 Å². The van der Waals surface area contributed by atoms with Crippen molar-refractivity contribution in [3.8, 4) is 0 Å². The second-order valence-electron chi connectivity index (χ2n) is 4.92. The van der Waals surface area contributed by atoms with Crippen LogP contribution in [0.25, 0.3) is 0 Å². The SMILES string of the molecule is CCC1OCCC1C(NN)c1ccc(F)c(C)c1. The molecule has 100 valence electrons. The lowest BCUT2D eigenvalue weighted by atomic mass is 9.86. The second-order valence-corrected chi connectivity index (χ2v) is 4.92. The van der Waals surface area contributed by atoms with Crippen LogP contribution in [-0.2, 0) is 4.74 Å². The Morgan fingerprint density at radius 2 is 2.33 bits per heavy atom. The summed E-state index contributed by atoms with van der Waals surface area (Å²) in [6.45, 7) is 4.67.